The second-order valence-electron chi connectivity index (χ2n) is 8.11. The van der Waals surface area contributed by atoms with Gasteiger partial charge in [-0.25, -0.2) is 9.78 Å². The molecule has 10 heteroatoms. The fourth-order valence-electron chi connectivity index (χ4n) is 3.69. The molecule has 0 saturated carbocycles. The Morgan fingerprint density at radius 3 is 2.16 bits per heavy atom. The Morgan fingerprint density at radius 2 is 1.47 bits per heavy atom. The van der Waals surface area contributed by atoms with Gasteiger partial charge < -0.3 is 20.1 Å². The number of ether oxygens (including phenoxy) is 2. The molecule has 0 bridgehead atoms. The monoisotopic (exact) mass is 507 g/mol. The molecule has 0 aliphatic carbocycles. The summed E-state index contributed by atoms with van der Waals surface area (Å²) in [6.45, 7) is 0. The number of carbonyl (C=O) groups excluding carboxylic acids is 1. The van der Waals surface area contributed by atoms with Crippen LogP contribution in [-0.2, 0) is 4.74 Å². The number of hydrogen-bond donors (Lipinski definition) is 2. The van der Waals surface area contributed by atoms with E-state index in [0.717, 1.165) is 5.75 Å². The normalized spacial score (nSPS) is 10.6. The van der Waals surface area contributed by atoms with E-state index in [0.29, 0.717) is 39.4 Å². The summed E-state index contributed by atoms with van der Waals surface area (Å²) in [6.07, 6.45) is 0. The maximum Gasteiger partial charge on any atom is 0.337 e. The van der Waals surface area contributed by atoms with Gasteiger partial charge in [0.15, 0.2) is 0 Å². The SMILES string of the molecule is COC(=O)c1ccc(Nc2nc(Nc3ccc(Oc4ccccc4)cc3)c3cc([N+](=O)[O-])ccc3n2)cc1. The van der Waals surface area contributed by atoms with Crippen molar-refractivity contribution in [1.82, 2.24) is 9.97 Å². The maximum atomic E-state index is 11.7. The van der Waals surface area contributed by atoms with Crippen molar-refractivity contribution in [2.24, 2.45) is 0 Å². The maximum absolute atomic E-state index is 11.7. The minimum absolute atomic E-state index is 0.0742. The quantitative estimate of drug-likeness (QED) is 0.135. The lowest BCUT2D eigenvalue weighted by molar-refractivity contribution is -0.384. The number of anilines is 4. The molecule has 10 nitrogen and oxygen atoms in total. The van der Waals surface area contributed by atoms with Crippen molar-refractivity contribution < 1.29 is 19.2 Å². The van der Waals surface area contributed by atoms with Gasteiger partial charge in [0, 0.05) is 28.9 Å². The highest BCUT2D eigenvalue weighted by atomic mass is 16.6. The first-order valence-corrected chi connectivity index (χ1v) is 11.5. The molecule has 0 amide bonds. The fourth-order valence-corrected chi connectivity index (χ4v) is 3.69. The van der Waals surface area contributed by atoms with E-state index in [1.165, 1.54) is 19.2 Å². The lowest BCUT2D eigenvalue weighted by atomic mass is 10.2. The number of aromatic nitrogens is 2. The number of nitrogens with one attached hydrogen (secondary N) is 2. The van der Waals surface area contributed by atoms with Crippen molar-refractivity contribution in [2.75, 3.05) is 17.7 Å². The van der Waals surface area contributed by atoms with Crippen LogP contribution in [0.15, 0.2) is 97.1 Å². The Morgan fingerprint density at radius 1 is 0.816 bits per heavy atom. The molecule has 0 atom stereocenters. The van der Waals surface area contributed by atoms with E-state index >= 15 is 0 Å². The number of para-hydroxylation sites is 1. The summed E-state index contributed by atoms with van der Waals surface area (Å²) < 4.78 is 10.6. The van der Waals surface area contributed by atoms with Gasteiger partial charge in [-0.05, 0) is 66.7 Å². The van der Waals surface area contributed by atoms with Gasteiger partial charge in [0.1, 0.15) is 17.3 Å². The molecule has 0 aliphatic rings. The lowest BCUT2D eigenvalue weighted by Crippen LogP contribution is -2.04. The molecule has 0 spiro atoms. The molecule has 0 unspecified atom stereocenters. The van der Waals surface area contributed by atoms with Crippen molar-refractivity contribution in [1.29, 1.82) is 0 Å². The number of nitro benzene ring substituents is 1. The van der Waals surface area contributed by atoms with Crippen LogP contribution in [0.2, 0.25) is 0 Å². The Kier molecular flexibility index (Phi) is 6.77. The van der Waals surface area contributed by atoms with E-state index in [1.807, 2.05) is 54.6 Å². The molecule has 5 aromatic rings. The van der Waals surface area contributed by atoms with Gasteiger partial charge in [-0.3, -0.25) is 10.1 Å². The molecule has 0 fully saturated rings. The van der Waals surface area contributed by atoms with Gasteiger partial charge in [0.2, 0.25) is 5.95 Å². The Balaban J connectivity index is 1.44. The number of methoxy groups -OCH3 is 1. The molecule has 38 heavy (non-hydrogen) atoms. The van der Waals surface area contributed by atoms with Crippen LogP contribution in [0.25, 0.3) is 10.9 Å². The van der Waals surface area contributed by atoms with Gasteiger partial charge in [-0.15, -0.1) is 0 Å². The van der Waals surface area contributed by atoms with Gasteiger partial charge in [-0.1, -0.05) is 18.2 Å². The van der Waals surface area contributed by atoms with E-state index < -0.39 is 10.9 Å². The first-order valence-electron chi connectivity index (χ1n) is 11.5. The largest absolute Gasteiger partial charge is 0.465 e. The summed E-state index contributed by atoms with van der Waals surface area (Å²) in [5.41, 5.74) is 2.19. The number of hydrogen-bond acceptors (Lipinski definition) is 9. The standard InChI is InChI=1S/C28H21N5O5/c1-37-27(34)18-7-9-20(10-8-18)30-28-31-25-16-13-21(33(35)36)17-24(25)26(32-28)29-19-11-14-23(15-12-19)38-22-5-3-2-4-6-22/h2-17H,1H3,(H2,29,30,31,32). The van der Waals surface area contributed by atoms with E-state index in [9.17, 15) is 14.9 Å². The number of carbonyl (C=O) groups is 1. The molecule has 2 N–H and O–H groups in total. The number of non-ortho nitro benzene ring substituents is 1. The minimum Gasteiger partial charge on any atom is -0.465 e. The molecule has 188 valence electrons. The summed E-state index contributed by atoms with van der Waals surface area (Å²) in [6, 6.07) is 27.7. The zero-order valence-electron chi connectivity index (χ0n) is 20.1. The predicted octanol–water partition coefficient (Wildman–Crippen LogP) is 6.60. The van der Waals surface area contributed by atoms with E-state index in [2.05, 4.69) is 20.6 Å². The van der Waals surface area contributed by atoms with E-state index in [-0.39, 0.29) is 11.6 Å². The number of nitrogens with zero attached hydrogens (tertiary/aromatic N) is 3. The highest BCUT2D eigenvalue weighted by Gasteiger charge is 2.14. The Bertz CT molecular complexity index is 1610. The second kappa shape index (κ2) is 10.6. The summed E-state index contributed by atoms with van der Waals surface area (Å²) in [5, 5.41) is 18.2. The smallest absolute Gasteiger partial charge is 0.337 e. The molecule has 0 saturated heterocycles. The van der Waals surface area contributed by atoms with Crippen LogP contribution in [0.4, 0.5) is 28.8 Å². The first kappa shape index (κ1) is 24.2. The molecule has 5 rings (SSSR count). The third kappa shape index (κ3) is 5.49. The van der Waals surface area contributed by atoms with E-state index in [4.69, 9.17) is 9.47 Å². The molecule has 1 heterocycles. The minimum atomic E-state index is -0.464. The zero-order valence-corrected chi connectivity index (χ0v) is 20.1. The van der Waals surface area contributed by atoms with Crippen molar-refractivity contribution >= 4 is 45.7 Å². The summed E-state index contributed by atoms with van der Waals surface area (Å²) in [7, 11) is 1.32. The van der Waals surface area contributed by atoms with Crippen molar-refractivity contribution in [3.63, 3.8) is 0 Å². The van der Waals surface area contributed by atoms with Crippen LogP contribution in [0.5, 0.6) is 11.5 Å². The first-order chi connectivity index (χ1) is 18.5. The van der Waals surface area contributed by atoms with Crippen molar-refractivity contribution in [3.05, 3.63) is 113 Å². The summed E-state index contributed by atoms with van der Waals surface area (Å²) in [5.74, 6) is 1.58. The van der Waals surface area contributed by atoms with Crippen LogP contribution in [0.3, 0.4) is 0 Å². The van der Waals surface area contributed by atoms with Crippen LogP contribution < -0.4 is 15.4 Å². The van der Waals surface area contributed by atoms with E-state index in [1.54, 1.807) is 30.3 Å². The van der Waals surface area contributed by atoms with Crippen LogP contribution in [0, 0.1) is 10.1 Å². The molecular formula is C28H21N5O5. The average Bonchev–Trinajstić information content (AvgIpc) is 2.94. The number of fused-ring (bicyclic) bond motifs is 1. The molecule has 4 aromatic carbocycles. The Labute approximate surface area is 217 Å². The number of rotatable bonds is 8. The zero-order chi connectivity index (χ0) is 26.5. The van der Waals surface area contributed by atoms with Gasteiger partial charge >= 0.3 is 5.97 Å². The predicted molar refractivity (Wildman–Crippen MR) is 143 cm³/mol. The van der Waals surface area contributed by atoms with Crippen molar-refractivity contribution in [3.8, 4) is 11.5 Å². The number of nitro groups is 1. The summed E-state index contributed by atoms with van der Waals surface area (Å²) in [4.78, 5) is 31.7. The summed E-state index contributed by atoms with van der Waals surface area (Å²) >= 11 is 0. The van der Waals surface area contributed by atoms with Gasteiger partial charge in [-0.2, -0.15) is 4.98 Å². The van der Waals surface area contributed by atoms with Crippen molar-refractivity contribution in [2.45, 2.75) is 0 Å². The highest BCUT2D eigenvalue weighted by molar-refractivity contribution is 5.94. The third-order valence-corrected chi connectivity index (χ3v) is 5.55. The molecular weight excluding hydrogens is 486 g/mol. The second-order valence-corrected chi connectivity index (χ2v) is 8.11. The molecule has 1 aromatic heterocycles. The van der Waals surface area contributed by atoms with Crippen LogP contribution >= 0.6 is 0 Å². The topological polar surface area (TPSA) is 129 Å². The molecule has 0 radical (unpaired) electrons. The third-order valence-electron chi connectivity index (χ3n) is 5.55. The number of esters is 1. The number of benzene rings is 4. The van der Waals surface area contributed by atoms with Crippen LogP contribution in [-0.4, -0.2) is 28.0 Å². The fraction of sp³-hybridized carbons (Fsp3) is 0.0357. The van der Waals surface area contributed by atoms with Crippen LogP contribution in [0.1, 0.15) is 10.4 Å². The molecule has 0 aliphatic heterocycles. The lowest BCUT2D eigenvalue weighted by Gasteiger charge is -2.13. The average molecular weight is 508 g/mol. The Hall–Kier alpha value is -5.51. The van der Waals surface area contributed by atoms with Gasteiger partial charge in [0.05, 0.1) is 23.1 Å². The van der Waals surface area contributed by atoms with Gasteiger partial charge in [0.25, 0.3) is 5.69 Å². The highest BCUT2D eigenvalue weighted by Crippen LogP contribution is 2.30.